The number of fused-ring (bicyclic) bond motifs is 4. The molecule has 10 heteroatoms. The summed E-state index contributed by atoms with van der Waals surface area (Å²) in [6.07, 6.45) is -9.25. The number of benzene rings is 4. The minimum absolute atomic E-state index is 0.0643. The molecule has 0 saturated heterocycles. The van der Waals surface area contributed by atoms with Crippen LogP contribution in [0.1, 0.15) is 48.9 Å². The van der Waals surface area contributed by atoms with E-state index in [-0.39, 0.29) is 17.5 Å². The molecule has 1 aliphatic rings. The van der Waals surface area contributed by atoms with Crippen LogP contribution in [0.5, 0.6) is 0 Å². The number of hydrogen-bond acceptors (Lipinski definition) is 0. The summed E-state index contributed by atoms with van der Waals surface area (Å²) in [6.45, 7) is 5.80. The fraction of sp³-hybridized carbons (Fsp3) is 0.206. The Kier molecular flexibility index (Phi) is 11.4. The minimum Gasteiger partial charge on any atom is -0.184 e. The van der Waals surface area contributed by atoms with Crippen molar-refractivity contribution in [1.29, 1.82) is 0 Å². The molecule has 0 fully saturated rings. The number of hydrogen-bond donors (Lipinski definition) is 0. The summed E-state index contributed by atoms with van der Waals surface area (Å²) in [5, 5.41) is 4.31. The SMILES string of the molecule is CCc1ccc2[cH-]c(C(C)C)cc2c1-c1cc(C(F)(F)F)cc(C(F)(F)F)c1.[Cl][Zr+2][Cl].[c-]1cccc2c1[Si]c1ccccc1-2. The van der Waals surface area contributed by atoms with Crippen molar-refractivity contribution in [2.75, 3.05) is 0 Å². The van der Waals surface area contributed by atoms with E-state index in [0.717, 1.165) is 32.6 Å². The summed E-state index contributed by atoms with van der Waals surface area (Å²) >= 11 is -0.826. The maximum Gasteiger partial charge on any atom is 0.0920 e. The fourth-order valence-electron chi connectivity index (χ4n) is 5.14. The van der Waals surface area contributed by atoms with Crippen molar-refractivity contribution in [2.24, 2.45) is 0 Å². The Morgan fingerprint density at radius 3 is 2.05 bits per heavy atom. The predicted molar refractivity (Wildman–Crippen MR) is 166 cm³/mol. The van der Waals surface area contributed by atoms with Gasteiger partial charge in [-0.25, -0.2) is 0 Å². The average molecular weight is 739 g/mol. The van der Waals surface area contributed by atoms with E-state index in [9.17, 15) is 26.3 Å². The molecule has 0 bridgehead atoms. The molecule has 0 unspecified atom stereocenters. The van der Waals surface area contributed by atoms with Crippen molar-refractivity contribution >= 4 is 47.7 Å². The molecule has 44 heavy (non-hydrogen) atoms. The van der Waals surface area contributed by atoms with Crippen LogP contribution in [0, 0.1) is 6.07 Å². The van der Waals surface area contributed by atoms with Crippen LogP contribution in [0.25, 0.3) is 33.0 Å². The molecule has 0 spiro atoms. The van der Waals surface area contributed by atoms with Crippen molar-refractivity contribution in [1.82, 2.24) is 0 Å². The molecule has 0 amide bonds. The number of halogens is 8. The van der Waals surface area contributed by atoms with Gasteiger partial charge in [0.15, 0.2) is 0 Å². The second-order valence-electron chi connectivity index (χ2n) is 10.4. The van der Waals surface area contributed by atoms with Gasteiger partial charge in [-0.15, -0.1) is 40.1 Å². The monoisotopic (exact) mass is 736 g/mol. The van der Waals surface area contributed by atoms with Gasteiger partial charge in [-0.3, -0.25) is 0 Å². The van der Waals surface area contributed by atoms with Crippen molar-refractivity contribution < 1.29 is 47.2 Å². The molecule has 1 aliphatic heterocycles. The summed E-state index contributed by atoms with van der Waals surface area (Å²) in [5.74, 6) is 0.192. The van der Waals surface area contributed by atoms with Crippen LogP contribution in [-0.4, -0.2) is 9.52 Å². The molecule has 0 nitrogen and oxygen atoms in total. The van der Waals surface area contributed by atoms with Gasteiger partial charge in [-0.2, -0.15) is 61.9 Å². The Morgan fingerprint density at radius 2 is 1.45 bits per heavy atom. The van der Waals surface area contributed by atoms with E-state index in [2.05, 4.69) is 42.5 Å². The fourth-order valence-corrected chi connectivity index (χ4v) is 6.45. The maximum atomic E-state index is 13.3. The molecule has 0 N–H and O–H groups in total. The van der Waals surface area contributed by atoms with Crippen LogP contribution in [-0.2, 0) is 39.6 Å². The molecule has 0 aromatic heterocycles. The van der Waals surface area contributed by atoms with Gasteiger partial charge in [0.05, 0.1) is 20.6 Å². The van der Waals surface area contributed by atoms with E-state index < -0.39 is 44.3 Å². The van der Waals surface area contributed by atoms with Gasteiger partial charge in [0, 0.05) is 0 Å². The Hall–Kier alpha value is -2.25. The normalized spacial score (nSPS) is 12.1. The number of rotatable bonds is 3. The van der Waals surface area contributed by atoms with Gasteiger partial charge < -0.3 is 0 Å². The largest absolute Gasteiger partial charge is 0.184 e. The van der Waals surface area contributed by atoms with E-state index in [1.807, 2.05) is 45.0 Å². The van der Waals surface area contributed by atoms with Crippen molar-refractivity contribution in [3.05, 3.63) is 113 Å². The summed E-state index contributed by atoms with van der Waals surface area (Å²) < 4.78 is 79.7. The Labute approximate surface area is 274 Å². The van der Waals surface area contributed by atoms with Crippen LogP contribution in [0.3, 0.4) is 0 Å². The van der Waals surface area contributed by atoms with E-state index in [4.69, 9.17) is 17.0 Å². The molecular weight excluding hydrogens is 713 g/mol. The standard InChI is InChI=1S/C22H19F6.C12H7Si.2ClH.Zr/c1-4-13-5-6-14-7-15(12(2)3)10-19(14)20(13)16-8-17(21(23,24)25)11-18(9-16)22(26,27)28;1-3-7-11-9(5-1)10-6-2-4-8-12(10)13-11;;;/h5-12H,4H2,1-3H3;1-7H;2*1H;/q2*-1;;;+4/p-2. The summed E-state index contributed by atoms with van der Waals surface area (Å²) in [4.78, 5) is 0. The third-order valence-corrected chi connectivity index (χ3v) is 8.62. The van der Waals surface area contributed by atoms with E-state index in [1.165, 1.54) is 21.5 Å². The van der Waals surface area contributed by atoms with Gasteiger partial charge in [-0.1, -0.05) is 66.9 Å². The van der Waals surface area contributed by atoms with E-state index in [0.29, 0.717) is 22.9 Å². The molecule has 0 aliphatic carbocycles. The molecular formula is C34H26Cl2F6SiZr. The average Bonchev–Trinajstić information content (AvgIpc) is 3.58. The van der Waals surface area contributed by atoms with E-state index >= 15 is 0 Å². The smallest absolute Gasteiger partial charge is 0.0920 e. The second kappa shape index (κ2) is 14.5. The maximum absolute atomic E-state index is 13.3. The van der Waals surface area contributed by atoms with Crippen molar-refractivity contribution in [3.63, 3.8) is 0 Å². The first kappa shape index (κ1) is 34.6. The first-order valence-corrected chi connectivity index (χ1v) is 21.0. The first-order valence-electron chi connectivity index (χ1n) is 13.6. The van der Waals surface area contributed by atoms with Crippen LogP contribution in [0.15, 0.2) is 84.9 Å². The van der Waals surface area contributed by atoms with Crippen LogP contribution >= 0.6 is 17.0 Å². The summed E-state index contributed by atoms with van der Waals surface area (Å²) in [6, 6.07) is 27.4. The Bertz CT molecular complexity index is 1660. The number of alkyl halides is 6. The molecule has 6 rings (SSSR count). The number of aryl methyl sites for hydroxylation is 1. The van der Waals surface area contributed by atoms with Gasteiger partial charge in [0.2, 0.25) is 0 Å². The van der Waals surface area contributed by atoms with Crippen LogP contribution < -0.4 is 10.4 Å². The minimum atomic E-state index is -4.87. The first-order chi connectivity index (χ1) is 20.8. The zero-order valence-corrected chi connectivity index (χ0v) is 28.9. The molecule has 1 heterocycles. The summed E-state index contributed by atoms with van der Waals surface area (Å²) in [7, 11) is 10.7. The molecule has 0 saturated carbocycles. The zero-order valence-electron chi connectivity index (χ0n) is 23.9. The third-order valence-electron chi connectivity index (χ3n) is 7.26. The topological polar surface area (TPSA) is 0 Å². The predicted octanol–water partition coefficient (Wildman–Crippen LogP) is 10.4. The molecule has 0 atom stereocenters. The van der Waals surface area contributed by atoms with Gasteiger partial charge in [0.1, 0.15) is 0 Å². The van der Waals surface area contributed by atoms with Gasteiger partial charge in [0.25, 0.3) is 0 Å². The zero-order chi connectivity index (χ0) is 32.2. The molecule has 5 aromatic carbocycles. The molecule has 226 valence electrons. The second-order valence-corrected chi connectivity index (χ2v) is 15.4. The molecule has 5 aromatic rings. The third kappa shape index (κ3) is 7.93. The van der Waals surface area contributed by atoms with Crippen molar-refractivity contribution in [3.8, 4) is 22.3 Å². The van der Waals surface area contributed by atoms with Gasteiger partial charge >= 0.3 is 50.2 Å². The summed E-state index contributed by atoms with van der Waals surface area (Å²) in [5.41, 5.74) is 2.24. The van der Waals surface area contributed by atoms with Gasteiger partial charge in [-0.05, 0) is 36.1 Å². The Balaban J connectivity index is 0.000000226. The van der Waals surface area contributed by atoms with E-state index in [1.54, 1.807) is 6.07 Å². The Morgan fingerprint density at radius 1 is 0.841 bits per heavy atom. The van der Waals surface area contributed by atoms with Crippen molar-refractivity contribution in [2.45, 2.75) is 45.5 Å². The molecule has 2 radical (unpaired) electrons. The quantitative estimate of drug-likeness (QED) is 0.0964. The van der Waals surface area contributed by atoms with Crippen LogP contribution in [0.4, 0.5) is 26.3 Å². The van der Waals surface area contributed by atoms with Crippen LogP contribution in [0.2, 0.25) is 0 Å².